The van der Waals surface area contributed by atoms with Gasteiger partial charge in [0.05, 0.1) is 10.6 Å². The Bertz CT molecular complexity index is 1350. The van der Waals surface area contributed by atoms with E-state index in [0.29, 0.717) is 35.0 Å². The number of pyridine rings is 1. The summed E-state index contributed by atoms with van der Waals surface area (Å²) in [4.78, 5) is 27.8. The predicted octanol–water partition coefficient (Wildman–Crippen LogP) is 4.82. The molecule has 0 aliphatic carbocycles. The number of hydrogen-bond acceptors (Lipinski definition) is 6. The van der Waals surface area contributed by atoms with Gasteiger partial charge in [-0.3, -0.25) is 19.9 Å². The van der Waals surface area contributed by atoms with Gasteiger partial charge in [-0.05, 0) is 56.7 Å². The Labute approximate surface area is 196 Å². The number of benzene rings is 2. The molecule has 4 aromatic rings. The summed E-state index contributed by atoms with van der Waals surface area (Å²) in [7, 11) is 0. The Morgan fingerprint density at radius 3 is 2.53 bits per heavy atom. The highest BCUT2D eigenvalue weighted by Gasteiger charge is 2.23. The smallest absolute Gasteiger partial charge is 0.272 e. The maximum Gasteiger partial charge on any atom is 0.272 e. The molecule has 2 aromatic heterocycles. The van der Waals surface area contributed by atoms with E-state index in [4.69, 9.17) is 4.74 Å². The lowest BCUT2D eigenvalue weighted by molar-refractivity contribution is -0.385. The van der Waals surface area contributed by atoms with Crippen LogP contribution in [0.4, 0.5) is 5.69 Å². The minimum absolute atomic E-state index is 0.00610. The molecule has 0 radical (unpaired) electrons. The predicted molar refractivity (Wildman–Crippen MR) is 126 cm³/mol. The van der Waals surface area contributed by atoms with Crippen LogP contribution in [0.2, 0.25) is 0 Å². The summed E-state index contributed by atoms with van der Waals surface area (Å²) >= 11 is 0. The van der Waals surface area contributed by atoms with E-state index in [1.54, 1.807) is 43.1 Å². The lowest BCUT2D eigenvalue weighted by Gasteiger charge is -2.11. The number of aryl methyl sites for hydroxylation is 2. The Balaban J connectivity index is 1.69. The van der Waals surface area contributed by atoms with Gasteiger partial charge in [0.2, 0.25) is 5.88 Å². The van der Waals surface area contributed by atoms with Crippen LogP contribution in [0, 0.1) is 30.9 Å². The number of carbonyl (C=O) groups excluding carboxylic acids is 1. The van der Waals surface area contributed by atoms with Gasteiger partial charge in [-0.2, -0.15) is 9.78 Å². The molecule has 0 aliphatic rings. The van der Waals surface area contributed by atoms with Crippen molar-refractivity contribution in [1.82, 2.24) is 20.1 Å². The molecule has 34 heavy (non-hydrogen) atoms. The number of nitro benzene ring substituents is 1. The molecule has 0 fully saturated rings. The highest BCUT2D eigenvalue weighted by molar-refractivity contribution is 5.94. The fourth-order valence-corrected chi connectivity index (χ4v) is 3.45. The molecule has 0 aliphatic heterocycles. The third-order valence-electron chi connectivity index (χ3n) is 5.32. The molecule has 0 spiro atoms. The first-order valence-electron chi connectivity index (χ1n) is 10.6. The van der Waals surface area contributed by atoms with Crippen LogP contribution in [0.15, 0.2) is 67.0 Å². The summed E-state index contributed by atoms with van der Waals surface area (Å²) in [5, 5.41) is 18.6. The van der Waals surface area contributed by atoms with Crippen LogP contribution >= 0.6 is 0 Å². The molecule has 1 amide bonds. The Kier molecular flexibility index (Phi) is 6.35. The summed E-state index contributed by atoms with van der Waals surface area (Å²) in [6.45, 7) is 5.68. The van der Waals surface area contributed by atoms with E-state index in [9.17, 15) is 14.9 Å². The average molecular weight is 457 g/mol. The van der Waals surface area contributed by atoms with Crippen LogP contribution in [0.5, 0.6) is 11.6 Å². The van der Waals surface area contributed by atoms with Gasteiger partial charge in [0.15, 0.2) is 5.69 Å². The maximum absolute atomic E-state index is 13.0. The van der Waals surface area contributed by atoms with Gasteiger partial charge in [0.1, 0.15) is 5.75 Å². The maximum atomic E-state index is 13.0. The van der Waals surface area contributed by atoms with Crippen molar-refractivity contribution in [2.75, 3.05) is 0 Å². The summed E-state index contributed by atoms with van der Waals surface area (Å²) in [5.74, 6) is 0.405. The van der Waals surface area contributed by atoms with Crippen molar-refractivity contribution in [2.24, 2.45) is 0 Å². The number of carbonyl (C=O) groups is 1. The van der Waals surface area contributed by atoms with Crippen molar-refractivity contribution in [3.05, 3.63) is 105 Å². The molecule has 172 valence electrons. The lowest BCUT2D eigenvalue weighted by atomic mass is 10.2. The summed E-state index contributed by atoms with van der Waals surface area (Å²) < 4.78 is 7.68. The van der Waals surface area contributed by atoms with E-state index < -0.39 is 4.92 Å². The van der Waals surface area contributed by atoms with E-state index in [0.717, 1.165) is 11.1 Å². The highest BCUT2D eigenvalue weighted by atomic mass is 16.6. The zero-order chi connectivity index (χ0) is 24.2. The summed E-state index contributed by atoms with van der Waals surface area (Å²) in [6, 6.07) is 15.8. The monoisotopic (exact) mass is 457 g/mol. The van der Waals surface area contributed by atoms with Crippen LogP contribution in [0.25, 0.3) is 5.69 Å². The highest BCUT2D eigenvalue weighted by Crippen LogP contribution is 2.32. The van der Waals surface area contributed by atoms with Gasteiger partial charge in [0.25, 0.3) is 11.6 Å². The molecule has 4 rings (SSSR count). The minimum atomic E-state index is -0.439. The fraction of sp³-hybridized carbons (Fsp3) is 0.160. The Morgan fingerprint density at radius 1 is 1.12 bits per heavy atom. The molecule has 0 unspecified atom stereocenters. The van der Waals surface area contributed by atoms with Crippen LogP contribution in [-0.4, -0.2) is 25.6 Å². The first kappa shape index (κ1) is 22.7. The first-order chi connectivity index (χ1) is 16.3. The van der Waals surface area contributed by atoms with Crippen LogP contribution in [-0.2, 0) is 6.54 Å². The first-order valence-corrected chi connectivity index (χ1v) is 10.6. The van der Waals surface area contributed by atoms with E-state index in [2.05, 4.69) is 15.4 Å². The normalized spacial score (nSPS) is 10.7. The molecular formula is C25H23N5O4. The van der Waals surface area contributed by atoms with Crippen molar-refractivity contribution < 1.29 is 14.5 Å². The van der Waals surface area contributed by atoms with E-state index in [1.165, 1.54) is 12.1 Å². The molecule has 1 N–H and O–H groups in total. The molecule has 2 aromatic carbocycles. The standard InChI is InChI=1S/C25H23N5O4/c1-16-6-8-20(9-7-16)29-25(34-21-10-11-22(30(32)33)17(2)13-21)18(3)23(28-29)24(31)27-15-19-5-4-12-26-14-19/h4-14H,15H2,1-3H3,(H,27,31). The topological polar surface area (TPSA) is 112 Å². The van der Waals surface area contributed by atoms with Gasteiger partial charge >= 0.3 is 0 Å². The van der Waals surface area contributed by atoms with Crippen molar-refractivity contribution >= 4 is 11.6 Å². The van der Waals surface area contributed by atoms with Crippen LogP contribution in [0.1, 0.15) is 32.7 Å². The van der Waals surface area contributed by atoms with Gasteiger partial charge in [-0.1, -0.05) is 23.8 Å². The molecule has 9 nitrogen and oxygen atoms in total. The zero-order valence-electron chi connectivity index (χ0n) is 19.0. The van der Waals surface area contributed by atoms with E-state index in [-0.39, 0.29) is 17.3 Å². The van der Waals surface area contributed by atoms with Gasteiger partial charge in [0, 0.05) is 36.1 Å². The SMILES string of the molecule is Cc1ccc(-n2nc(C(=O)NCc3cccnc3)c(C)c2Oc2ccc([N+](=O)[O-])c(C)c2)cc1. The molecule has 9 heteroatoms. The minimum Gasteiger partial charge on any atom is -0.439 e. The second kappa shape index (κ2) is 9.53. The summed E-state index contributed by atoms with van der Waals surface area (Å²) in [5.41, 5.74) is 3.90. The molecule has 2 heterocycles. The van der Waals surface area contributed by atoms with Gasteiger partial charge in [-0.25, -0.2) is 0 Å². The second-order valence-corrected chi connectivity index (χ2v) is 7.88. The molecule has 0 saturated heterocycles. The number of aromatic nitrogens is 3. The zero-order valence-corrected chi connectivity index (χ0v) is 19.0. The fourth-order valence-electron chi connectivity index (χ4n) is 3.45. The number of nitro groups is 1. The number of amides is 1. The van der Waals surface area contributed by atoms with E-state index >= 15 is 0 Å². The van der Waals surface area contributed by atoms with E-state index in [1.807, 2.05) is 37.3 Å². The molecule has 0 saturated carbocycles. The van der Waals surface area contributed by atoms with Crippen molar-refractivity contribution in [3.63, 3.8) is 0 Å². The Hall–Kier alpha value is -4.53. The van der Waals surface area contributed by atoms with Crippen molar-refractivity contribution in [3.8, 4) is 17.3 Å². The van der Waals surface area contributed by atoms with Crippen molar-refractivity contribution in [1.29, 1.82) is 0 Å². The lowest BCUT2D eigenvalue weighted by Crippen LogP contribution is -2.24. The largest absolute Gasteiger partial charge is 0.439 e. The number of ether oxygens (including phenoxy) is 1. The third kappa shape index (κ3) is 4.78. The molecular weight excluding hydrogens is 434 g/mol. The van der Waals surface area contributed by atoms with Gasteiger partial charge < -0.3 is 10.1 Å². The molecule has 0 atom stereocenters. The number of nitrogens with one attached hydrogen (secondary N) is 1. The third-order valence-corrected chi connectivity index (χ3v) is 5.32. The number of hydrogen-bond donors (Lipinski definition) is 1. The average Bonchev–Trinajstić information content (AvgIpc) is 3.14. The van der Waals surface area contributed by atoms with Crippen LogP contribution < -0.4 is 10.1 Å². The van der Waals surface area contributed by atoms with Crippen molar-refractivity contribution in [2.45, 2.75) is 27.3 Å². The molecule has 0 bridgehead atoms. The van der Waals surface area contributed by atoms with Gasteiger partial charge in [-0.15, -0.1) is 0 Å². The number of rotatable bonds is 7. The quantitative estimate of drug-likeness (QED) is 0.314. The Morgan fingerprint density at radius 2 is 1.88 bits per heavy atom. The van der Waals surface area contributed by atoms with Crippen LogP contribution in [0.3, 0.4) is 0 Å². The second-order valence-electron chi connectivity index (χ2n) is 7.88. The summed E-state index contributed by atoms with van der Waals surface area (Å²) in [6.07, 6.45) is 3.35. The number of nitrogens with zero attached hydrogens (tertiary/aromatic N) is 4.